The van der Waals surface area contributed by atoms with Crippen molar-refractivity contribution < 1.29 is 14.3 Å². The predicted octanol–water partition coefficient (Wildman–Crippen LogP) is 6.13. The predicted molar refractivity (Wildman–Crippen MR) is 153 cm³/mol. The Balaban J connectivity index is 1.53. The molecule has 0 saturated heterocycles. The van der Waals surface area contributed by atoms with Crippen LogP contribution in [-0.2, 0) is 16.2 Å². The van der Waals surface area contributed by atoms with Gasteiger partial charge in [-0.15, -0.1) is 0 Å². The van der Waals surface area contributed by atoms with Crippen LogP contribution in [0, 0.1) is 18.5 Å². The third kappa shape index (κ3) is 8.06. The van der Waals surface area contributed by atoms with Gasteiger partial charge in [-0.3, -0.25) is 9.59 Å². The van der Waals surface area contributed by atoms with Gasteiger partial charge < -0.3 is 10.1 Å². The number of hydrogen-bond donors (Lipinski definition) is 2. The number of hydrogen-bond acceptors (Lipinski definition) is 5. The van der Waals surface area contributed by atoms with Crippen molar-refractivity contribution in [2.24, 2.45) is 5.10 Å². The molecule has 0 fully saturated rings. The third-order valence-electron chi connectivity index (χ3n) is 4.44. The Kier molecular flexibility index (Phi) is 10.1. The number of ether oxygens (including phenoxy) is 1. The Morgan fingerprint density at radius 2 is 1.74 bits per heavy atom. The average molecular weight is 733 g/mol. The summed E-state index contributed by atoms with van der Waals surface area (Å²) in [6.45, 7) is 0.365. The lowest BCUT2D eigenvalue weighted by atomic mass is 10.1. The molecule has 35 heavy (non-hydrogen) atoms. The van der Waals surface area contributed by atoms with Crippen LogP contribution in [0.25, 0.3) is 0 Å². The van der Waals surface area contributed by atoms with Gasteiger partial charge in [-0.25, -0.2) is 5.43 Å². The summed E-state index contributed by atoms with van der Waals surface area (Å²) in [6.07, 6.45) is 1.05. The molecular formula is C24H16Cl2I2N4O3. The number of carbonyl (C=O) groups excluding carboxylic acids is 2. The standard InChI is InChI=1S/C24H16Cl2I2N4O3/c25-17-2-1-3-20(23(17)26)31-21(33)10-22(34)32-30-12-16-8-18(27)24(19(28)9-16)35-13-15-6-4-14(11-29)5-7-15/h1-9,12H,10,13H2,(H,31,33)(H,32,34). The zero-order valence-electron chi connectivity index (χ0n) is 17.8. The molecule has 0 aliphatic rings. The Hall–Kier alpha value is -2.40. The Morgan fingerprint density at radius 3 is 2.40 bits per heavy atom. The zero-order valence-corrected chi connectivity index (χ0v) is 23.6. The van der Waals surface area contributed by atoms with E-state index in [0.29, 0.717) is 22.9 Å². The molecule has 0 radical (unpaired) electrons. The molecule has 0 aliphatic heterocycles. The number of anilines is 1. The van der Waals surface area contributed by atoms with E-state index in [1.165, 1.54) is 6.21 Å². The van der Waals surface area contributed by atoms with Crippen molar-refractivity contribution in [1.29, 1.82) is 5.26 Å². The summed E-state index contributed by atoms with van der Waals surface area (Å²) in [5, 5.41) is 15.9. The molecule has 0 atom stereocenters. The van der Waals surface area contributed by atoms with Crippen molar-refractivity contribution in [2.75, 3.05) is 5.32 Å². The SMILES string of the molecule is N#Cc1ccc(COc2c(I)cc(C=NNC(=O)CC(=O)Nc3cccc(Cl)c3Cl)cc2I)cc1. The number of benzene rings is 3. The molecule has 0 aromatic heterocycles. The molecule has 11 heteroatoms. The second kappa shape index (κ2) is 13.1. The molecule has 3 aromatic rings. The second-order valence-corrected chi connectivity index (χ2v) is 10.1. The molecule has 2 N–H and O–H groups in total. The molecule has 0 bridgehead atoms. The molecule has 0 unspecified atom stereocenters. The monoisotopic (exact) mass is 732 g/mol. The van der Waals surface area contributed by atoms with Crippen molar-refractivity contribution in [3.8, 4) is 11.8 Å². The molecule has 178 valence electrons. The van der Waals surface area contributed by atoms with Crippen LogP contribution in [0.3, 0.4) is 0 Å². The first-order valence-electron chi connectivity index (χ1n) is 9.93. The largest absolute Gasteiger partial charge is 0.487 e. The van der Waals surface area contributed by atoms with E-state index in [2.05, 4.69) is 67.1 Å². The smallest absolute Gasteiger partial charge is 0.249 e. The minimum Gasteiger partial charge on any atom is -0.487 e. The number of halogens is 4. The molecular weight excluding hydrogens is 717 g/mol. The number of carbonyl (C=O) groups is 2. The molecule has 0 aliphatic carbocycles. The fraction of sp³-hybridized carbons (Fsp3) is 0.0833. The molecule has 2 amide bonds. The van der Waals surface area contributed by atoms with Crippen molar-refractivity contribution in [1.82, 2.24) is 5.43 Å². The molecule has 0 spiro atoms. The number of nitrogens with zero attached hydrogens (tertiary/aromatic N) is 2. The van der Waals surface area contributed by atoms with E-state index in [1.54, 1.807) is 30.3 Å². The quantitative estimate of drug-likeness (QED) is 0.126. The maximum Gasteiger partial charge on any atom is 0.249 e. The first-order chi connectivity index (χ1) is 16.8. The summed E-state index contributed by atoms with van der Waals surface area (Å²) >= 11 is 16.3. The highest BCUT2D eigenvalue weighted by Gasteiger charge is 2.12. The highest BCUT2D eigenvalue weighted by Crippen LogP contribution is 2.30. The highest BCUT2D eigenvalue weighted by atomic mass is 127. The van der Waals surface area contributed by atoms with Crippen LogP contribution in [0.2, 0.25) is 10.0 Å². The van der Waals surface area contributed by atoms with Gasteiger partial charge in [-0.1, -0.05) is 41.4 Å². The number of amides is 2. The molecule has 3 rings (SSSR count). The van der Waals surface area contributed by atoms with E-state index in [1.807, 2.05) is 24.3 Å². The van der Waals surface area contributed by atoms with Crippen LogP contribution >= 0.6 is 68.4 Å². The van der Waals surface area contributed by atoms with E-state index in [9.17, 15) is 9.59 Å². The van der Waals surface area contributed by atoms with Crippen molar-refractivity contribution in [2.45, 2.75) is 13.0 Å². The van der Waals surface area contributed by atoms with Gasteiger partial charge in [0.15, 0.2) is 0 Å². The van der Waals surface area contributed by atoms with Crippen molar-refractivity contribution in [3.63, 3.8) is 0 Å². The van der Waals surface area contributed by atoms with Crippen LogP contribution in [0.15, 0.2) is 59.7 Å². The van der Waals surface area contributed by atoms with Crippen LogP contribution in [0.5, 0.6) is 5.75 Å². The van der Waals surface area contributed by atoms with Gasteiger partial charge in [0.2, 0.25) is 11.8 Å². The zero-order chi connectivity index (χ0) is 25.4. The van der Waals surface area contributed by atoms with Crippen LogP contribution < -0.4 is 15.5 Å². The van der Waals surface area contributed by atoms with Crippen LogP contribution in [-0.4, -0.2) is 18.0 Å². The fourth-order valence-electron chi connectivity index (χ4n) is 2.78. The van der Waals surface area contributed by atoms with Gasteiger partial charge in [0.25, 0.3) is 0 Å². The minimum atomic E-state index is -0.580. The summed E-state index contributed by atoms with van der Waals surface area (Å²) in [5.41, 5.74) is 4.96. The summed E-state index contributed by atoms with van der Waals surface area (Å²) in [7, 11) is 0. The van der Waals surface area contributed by atoms with E-state index in [-0.39, 0.29) is 5.02 Å². The number of rotatable bonds is 8. The topological polar surface area (TPSA) is 104 Å². The Morgan fingerprint density at radius 1 is 1.06 bits per heavy atom. The lowest BCUT2D eigenvalue weighted by Crippen LogP contribution is -2.24. The van der Waals surface area contributed by atoms with E-state index in [4.69, 9.17) is 33.2 Å². The molecule has 7 nitrogen and oxygen atoms in total. The average Bonchev–Trinajstić information content (AvgIpc) is 2.82. The first kappa shape index (κ1) is 27.2. The summed E-state index contributed by atoms with van der Waals surface area (Å²) in [4.78, 5) is 24.1. The van der Waals surface area contributed by atoms with Gasteiger partial charge in [-0.2, -0.15) is 10.4 Å². The first-order valence-corrected chi connectivity index (χ1v) is 12.8. The van der Waals surface area contributed by atoms with Gasteiger partial charge in [0, 0.05) is 0 Å². The van der Waals surface area contributed by atoms with Crippen molar-refractivity contribution >= 4 is 92.1 Å². The normalized spacial score (nSPS) is 10.6. The van der Waals surface area contributed by atoms with Gasteiger partial charge in [-0.05, 0) is 92.7 Å². The van der Waals surface area contributed by atoms with Crippen LogP contribution in [0.1, 0.15) is 23.1 Å². The number of nitriles is 1. The van der Waals surface area contributed by atoms with Gasteiger partial charge in [0.05, 0.1) is 40.7 Å². The van der Waals surface area contributed by atoms with E-state index in [0.717, 1.165) is 24.0 Å². The van der Waals surface area contributed by atoms with Crippen LogP contribution in [0.4, 0.5) is 5.69 Å². The van der Waals surface area contributed by atoms with Gasteiger partial charge in [0.1, 0.15) is 18.8 Å². The van der Waals surface area contributed by atoms with Crippen molar-refractivity contribution in [3.05, 3.63) is 88.5 Å². The third-order valence-corrected chi connectivity index (χ3v) is 6.86. The second-order valence-electron chi connectivity index (χ2n) is 7.03. The molecule has 0 saturated carbocycles. The molecule has 3 aromatic carbocycles. The Bertz CT molecular complexity index is 1300. The number of nitrogens with one attached hydrogen (secondary N) is 2. The maximum atomic E-state index is 12.1. The Labute approximate surface area is 239 Å². The molecule has 0 heterocycles. The summed E-state index contributed by atoms with van der Waals surface area (Å²) < 4.78 is 7.70. The number of hydrazone groups is 1. The lowest BCUT2D eigenvalue weighted by molar-refractivity contribution is -0.126. The lowest BCUT2D eigenvalue weighted by Gasteiger charge is -2.11. The maximum absolute atomic E-state index is 12.1. The van der Waals surface area contributed by atoms with Gasteiger partial charge >= 0.3 is 0 Å². The minimum absolute atomic E-state index is 0.203. The summed E-state index contributed by atoms with van der Waals surface area (Å²) in [6, 6.07) is 17.8. The van der Waals surface area contributed by atoms with E-state index < -0.39 is 18.2 Å². The summed E-state index contributed by atoms with van der Waals surface area (Å²) in [5.74, 6) is -0.397. The van der Waals surface area contributed by atoms with E-state index >= 15 is 0 Å². The highest BCUT2D eigenvalue weighted by molar-refractivity contribution is 14.1. The fourth-order valence-corrected chi connectivity index (χ4v) is 5.26.